The van der Waals surface area contributed by atoms with E-state index in [1.54, 1.807) is 24.3 Å². The number of anilines is 1. The number of esters is 1. The molecule has 8 nitrogen and oxygen atoms in total. The van der Waals surface area contributed by atoms with Crippen LogP contribution in [0.3, 0.4) is 0 Å². The summed E-state index contributed by atoms with van der Waals surface area (Å²) in [5.41, 5.74) is 0.894. The Labute approximate surface area is 170 Å². The first-order valence-electron chi connectivity index (χ1n) is 9.10. The quantitative estimate of drug-likeness (QED) is 0.572. The molecule has 3 aromatic rings. The third-order valence-corrected chi connectivity index (χ3v) is 4.04. The number of furan rings is 1. The highest BCUT2D eigenvalue weighted by atomic mass is 19.1. The standard InChI is InChI=1S/C21H19FN2O6/c1-2-28-11-14-13-7-3-6-10-17(13)30-19(14)20(26)29-12-18(25)24-21(27)23-16-9-5-4-8-15(16)22/h3-10H,2,11-12H2,1H3,(H2,23,24,25,27). The van der Waals surface area contributed by atoms with Gasteiger partial charge in [-0.15, -0.1) is 0 Å². The van der Waals surface area contributed by atoms with Crippen molar-refractivity contribution in [3.05, 3.63) is 65.7 Å². The third kappa shape index (κ3) is 5.00. The van der Waals surface area contributed by atoms with Crippen molar-refractivity contribution in [2.24, 2.45) is 0 Å². The summed E-state index contributed by atoms with van der Waals surface area (Å²) in [6.45, 7) is 1.66. The molecule has 3 amide bonds. The van der Waals surface area contributed by atoms with Crippen LogP contribution in [-0.2, 0) is 20.9 Å². The van der Waals surface area contributed by atoms with E-state index in [2.05, 4.69) is 5.32 Å². The molecule has 0 spiro atoms. The molecule has 3 rings (SSSR count). The van der Waals surface area contributed by atoms with Crippen LogP contribution < -0.4 is 10.6 Å². The van der Waals surface area contributed by atoms with Gasteiger partial charge in [0.1, 0.15) is 11.4 Å². The number of urea groups is 1. The number of carbonyl (C=O) groups excluding carboxylic acids is 3. The molecule has 0 bridgehead atoms. The molecular formula is C21H19FN2O6. The first-order valence-corrected chi connectivity index (χ1v) is 9.10. The van der Waals surface area contributed by atoms with Crippen molar-refractivity contribution in [1.82, 2.24) is 5.32 Å². The van der Waals surface area contributed by atoms with Crippen LogP contribution in [0.5, 0.6) is 0 Å². The second kappa shape index (κ2) is 9.66. The molecule has 9 heteroatoms. The monoisotopic (exact) mass is 414 g/mol. The lowest BCUT2D eigenvalue weighted by Crippen LogP contribution is -2.37. The van der Waals surface area contributed by atoms with Crippen molar-refractivity contribution >= 4 is 34.6 Å². The Morgan fingerprint density at radius 1 is 1.07 bits per heavy atom. The Kier molecular flexibility index (Phi) is 6.76. The first-order chi connectivity index (χ1) is 14.5. The smallest absolute Gasteiger partial charge is 0.375 e. The fourth-order valence-electron chi connectivity index (χ4n) is 2.69. The minimum atomic E-state index is -0.957. The topological polar surface area (TPSA) is 107 Å². The molecule has 0 saturated carbocycles. The Balaban J connectivity index is 1.60. The molecule has 0 radical (unpaired) electrons. The fraction of sp³-hybridized carbons (Fsp3) is 0.190. The molecule has 0 aliphatic rings. The van der Waals surface area contributed by atoms with Crippen molar-refractivity contribution in [2.45, 2.75) is 13.5 Å². The van der Waals surface area contributed by atoms with Gasteiger partial charge in [0.25, 0.3) is 5.91 Å². The van der Waals surface area contributed by atoms with Crippen LogP contribution in [-0.4, -0.2) is 31.1 Å². The van der Waals surface area contributed by atoms with Crippen LogP contribution >= 0.6 is 0 Å². The summed E-state index contributed by atoms with van der Waals surface area (Å²) in [7, 11) is 0. The van der Waals surface area contributed by atoms with Crippen LogP contribution in [0, 0.1) is 5.82 Å². The maximum Gasteiger partial charge on any atom is 0.375 e. The van der Waals surface area contributed by atoms with Crippen LogP contribution in [0.2, 0.25) is 0 Å². The lowest BCUT2D eigenvalue weighted by Gasteiger charge is -2.08. The minimum absolute atomic E-state index is 0.0757. The summed E-state index contributed by atoms with van der Waals surface area (Å²) in [5.74, 6) is -2.49. The lowest BCUT2D eigenvalue weighted by molar-refractivity contribution is -0.123. The zero-order valence-corrected chi connectivity index (χ0v) is 16.1. The van der Waals surface area contributed by atoms with Gasteiger partial charge in [0.05, 0.1) is 12.3 Å². The van der Waals surface area contributed by atoms with Gasteiger partial charge in [-0.05, 0) is 25.1 Å². The molecule has 1 aromatic heterocycles. The van der Waals surface area contributed by atoms with Crippen molar-refractivity contribution in [2.75, 3.05) is 18.5 Å². The number of carbonyl (C=O) groups is 3. The normalized spacial score (nSPS) is 10.6. The van der Waals surface area contributed by atoms with E-state index < -0.39 is 30.3 Å². The molecule has 0 saturated heterocycles. The number of ether oxygens (including phenoxy) is 2. The number of fused-ring (bicyclic) bond motifs is 1. The van der Waals surface area contributed by atoms with Crippen LogP contribution in [0.15, 0.2) is 52.9 Å². The highest BCUT2D eigenvalue weighted by Crippen LogP contribution is 2.27. The van der Waals surface area contributed by atoms with Crippen molar-refractivity contribution in [3.63, 3.8) is 0 Å². The van der Waals surface area contributed by atoms with E-state index in [1.807, 2.05) is 12.2 Å². The molecular weight excluding hydrogens is 395 g/mol. The number of hydrogen-bond donors (Lipinski definition) is 2. The first kappa shape index (κ1) is 21.0. The van der Waals surface area contributed by atoms with E-state index in [-0.39, 0.29) is 18.1 Å². The predicted molar refractivity (Wildman–Crippen MR) is 105 cm³/mol. The minimum Gasteiger partial charge on any atom is -0.450 e. The van der Waals surface area contributed by atoms with E-state index in [1.165, 1.54) is 18.2 Å². The van der Waals surface area contributed by atoms with Crippen LogP contribution in [0.1, 0.15) is 23.0 Å². The largest absolute Gasteiger partial charge is 0.450 e. The Hall–Kier alpha value is -3.72. The Morgan fingerprint density at radius 3 is 2.57 bits per heavy atom. The molecule has 156 valence electrons. The molecule has 2 aromatic carbocycles. The van der Waals surface area contributed by atoms with E-state index in [9.17, 15) is 18.8 Å². The molecule has 0 fully saturated rings. The van der Waals surface area contributed by atoms with Gasteiger partial charge >= 0.3 is 12.0 Å². The number of benzene rings is 2. The van der Waals surface area contributed by atoms with E-state index in [0.717, 1.165) is 6.07 Å². The van der Waals surface area contributed by atoms with E-state index >= 15 is 0 Å². The van der Waals surface area contributed by atoms with Gasteiger partial charge in [-0.25, -0.2) is 14.0 Å². The molecule has 0 unspecified atom stereocenters. The maximum absolute atomic E-state index is 13.5. The molecule has 1 heterocycles. The van der Waals surface area contributed by atoms with Gasteiger partial charge in [-0.3, -0.25) is 10.1 Å². The second-order valence-corrected chi connectivity index (χ2v) is 6.10. The van der Waals surface area contributed by atoms with Crippen LogP contribution in [0.25, 0.3) is 11.0 Å². The number of halogens is 1. The molecule has 0 atom stereocenters. The summed E-state index contributed by atoms with van der Waals surface area (Å²) in [4.78, 5) is 36.1. The highest BCUT2D eigenvalue weighted by Gasteiger charge is 2.23. The van der Waals surface area contributed by atoms with Gasteiger partial charge in [0.2, 0.25) is 5.76 Å². The predicted octanol–water partition coefficient (Wildman–Crippen LogP) is 3.61. The van der Waals surface area contributed by atoms with E-state index in [4.69, 9.17) is 13.9 Å². The SMILES string of the molecule is CCOCc1c(C(=O)OCC(=O)NC(=O)Nc2ccccc2F)oc2ccccc12. The number of para-hydroxylation sites is 2. The molecule has 30 heavy (non-hydrogen) atoms. The zero-order chi connectivity index (χ0) is 21.5. The number of hydrogen-bond acceptors (Lipinski definition) is 6. The highest BCUT2D eigenvalue weighted by molar-refractivity contribution is 6.02. The molecule has 2 N–H and O–H groups in total. The summed E-state index contributed by atoms with van der Waals surface area (Å²) >= 11 is 0. The molecule has 0 aliphatic heterocycles. The van der Waals surface area contributed by atoms with Crippen LogP contribution in [0.4, 0.5) is 14.9 Å². The molecule has 0 aliphatic carbocycles. The summed E-state index contributed by atoms with van der Waals surface area (Å²) in [5, 5.41) is 4.84. The number of rotatable bonds is 7. The summed E-state index contributed by atoms with van der Waals surface area (Å²) < 4.78 is 29.4. The Morgan fingerprint density at radius 2 is 1.80 bits per heavy atom. The average molecular weight is 414 g/mol. The average Bonchev–Trinajstić information content (AvgIpc) is 3.10. The van der Waals surface area contributed by atoms with Gasteiger partial charge in [0, 0.05) is 17.6 Å². The Bertz CT molecular complexity index is 1080. The summed E-state index contributed by atoms with van der Waals surface area (Å²) in [6, 6.07) is 11.5. The van der Waals surface area contributed by atoms with Crippen molar-refractivity contribution in [1.29, 1.82) is 0 Å². The number of imide groups is 1. The second-order valence-electron chi connectivity index (χ2n) is 6.10. The zero-order valence-electron chi connectivity index (χ0n) is 16.1. The van der Waals surface area contributed by atoms with Gasteiger partial charge in [-0.1, -0.05) is 30.3 Å². The van der Waals surface area contributed by atoms with Crippen molar-refractivity contribution < 1.29 is 32.7 Å². The lowest BCUT2D eigenvalue weighted by atomic mass is 10.1. The van der Waals surface area contributed by atoms with Crippen molar-refractivity contribution in [3.8, 4) is 0 Å². The van der Waals surface area contributed by atoms with E-state index in [0.29, 0.717) is 23.1 Å². The maximum atomic E-state index is 13.5. The third-order valence-electron chi connectivity index (χ3n) is 4.04. The van der Waals surface area contributed by atoms with Gasteiger partial charge in [-0.2, -0.15) is 0 Å². The summed E-state index contributed by atoms with van der Waals surface area (Å²) in [6.07, 6.45) is 0. The number of amides is 3. The van der Waals surface area contributed by atoms with Gasteiger partial charge in [0.15, 0.2) is 6.61 Å². The number of nitrogens with one attached hydrogen (secondary N) is 2. The fourth-order valence-corrected chi connectivity index (χ4v) is 2.69. The van der Waals surface area contributed by atoms with Gasteiger partial charge < -0.3 is 19.2 Å².